The highest BCUT2D eigenvalue weighted by Crippen LogP contribution is 2.23. The van der Waals surface area contributed by atoms with Gasteiger partial charge in [0.15, 0.2) is 0 Å². The standard InChI is InChI=1S/C26H32O8/c1-3-5-15-29-23(27)19-7-11-21(12-8-19)33-25-26(32-18-17-31-25)34-22-13-9-20(10-14-22)24(28)30-16-6-4-2/h7-14,25-26H,3-6,15-18H2,1-2H3/t25-,26-/m0/s1. The van der Waals surface area contributed by atoms with E-state index in [0.717, 1.165) is 25.7 Å². The number of benzene rings is 2. The highest BCUT2D eigenvalue weighted by molar-refractivity contribution is 5.90. The molecule has 1 aliphatic rings. The van der Waals surface area contributed by atoms with Crippen LogP contribution in [0.25, 0.3) is 0 Å². The lowest BCUT2D eigenvalue weighted by molar-refractivity contribution is -0.271. The van der Waals surface area contributed by atoms with Crippen molar-refractivity contribution in [2.24, 2.45) is 0 Å². The van der Waals surface area contributed by atoms with Gasteiger partial charge < -0.3 is 28.4 Å². The Morgan fingerprint density at radius 2 is 1.09 bits per heavy atom. The van der Waals surface area contributed by atoms with Crippen LogP contribution in [-0.2, 0) is 18.9 Å². The normalized spacial score (nSPS) is 17.6. The Bertz CT molecular complexity index is 819. The lowest BCUT2D eigenvalue weighted by Crippen LogP contribution is -2.45. The molecule has 1 fully saturated rings. The topological polar surface area (TPSA) is 89.5 Å². The molecule has 2 aromatic rings. The monoisotopic (exact) mass is 472 g/mol. The van der Waals surface area contributed by atoms with Crippen LogP contribution in [0.1, 0.15) is 60.2 Å². The number of rotatable bonds is 12. The van der Waals surface area contributed by atoms with E-state index in [1.165, 1.54) is 0 Å². The highest BCUT2D eigenvalue weighted by Gasteiger charge is 2.31. The first-order chi connectivity index (χ1) is 16.6. The molecular formula is C26H32O8. The van der Waals surface area contributed by atoms with Gasteiger partial charge in [0.1, 0.15) is 11.5 Å². The van der Waals surface area contributed by atoms with Crippen molar-refractivity contribution in [1.82, 2.24) is 0 Å². The highest BCUT2D eigenvalue weighted by atomic mass is 16.8. The maximum Gasteiger partial charge on any atom is 0.338 e. The Morgan fingerprint density at radius 1 is 0.706 bits per heavy atom. The van der Waals surface area contributed by atoms with Crippen molar-refractivity contribution in [3.05, 3.63) is 59.7 Å². The molecular weight excluding hydrogens is 440 g/mol. The van der Waals surface area contributed by atoms with E-state index in [2.05, 4.69) is 0 Å². The van der Waals surface area contributed by atoms with Crippen LogP contribution in [0, 0.1) is 0 Å². The predicted octanol–water partition coefficient (Wildman–Crippen LogP) is 4.76. The van der Waals surface area contributed by atoms with Gasteiger partial charge in [0, 0.05) is 0 Å². The molecule has 1 heterocycles. The van der Waals surface area contributed by atoms with Gasteiger partial charge in [-0.2, -0.15) is 0 Å². The Balaban J connectivity index is 1.55. The molecule has 0 spiro atoms. The molecule has 8 heteroatoms. The molecule has 0 amide bonds. The summed E-state index contributed by atoms with van der Waals surface area (Å²) in [6, 6.07) is 13.2. The second-order valence-electron chi connectivity index (χ2n) is 7.74. The van der Waals surface area contributed by atoms with Gasteiger partial charge in [-0.1, -0.05) is 26.7 Å². The molecule has 184 valence electrons. The molecule has 2 atom stereocenters. The van der Waals surface area contributed by atoms with E-state index >= 15 is 0 Å². The molecule has 2 aromatic carbocycles. The number of carbonyl (C=O) groups is 2. The van der Waals surface area contributed by atoms with Crippen molar-refractivity contribution < 1.29 is 38.0 Å². The predicted molar refractivity (Wildman–Crippen MR) is 124 cm³/mol. The fourth-order valence-electron chi connectivity index (χ4n) is 3.06. The first-order valence-corrected chi connectivity index (χ1v) is 11.7. The first kappa shape index (κ1) is 25.5. The first-order valence-electron chi connectivity index (χ1n) is 11.7. The number of ether oxygens (including phenoxy) is 6. The summed E-state index contributed by atoms with van der Waals surface area (Å²) in [5.74, 6) is 0.270. The summed E-state index contributed by atoms with van der Waals surface area (Å²) in [7, 11) is 0. The Hall–Kier alpha value is -3.10. The lowest BCUT2D eigenvalue weighted by atomic mass is 10.2. The Kier molecular flexibility index (Phi) is 10.2. The van der Waals surface area contributed by atoms with E-state index in [9.17, 15) is 9.59 Å². The maximum atomic E-state index is 12.1. The van der Waals surface area contributed by atoms with Crippen molar-refractivity contribution in [3.63, 3.8) is 0 Å². The maximum absolute atomic E-state index is 12.1. The molecule has 0 saturated carbocycles. The van der Waals surface area contributed by atoms with Crippen LogP contribution in [-0.4, -0.2) is 50.9 Å². The van der Waals surface area contributed by atoms with Gasteiger partial charge in [-0.25, -0.2) is 9.59 Å². The second kappa shape index (κ2) is 13.6. The third-order valence-corrected chi connectivity index (χ3v) is 5.02. The zero-order valence-electron chi connectivity index (χ0n) is 19.7. The van der Waals surface area contributed by atoms with Crippen molar-refractivity contribution in [1.29, 1.82) is 0 Å². The van der Waals surface area contributed by atoms with Gasteiger partial charge in [-0.3, -0.25) is 0 Å². The van der Waals surface area contributed by atoms with Crippen LogP contribution in [0.3, 0.4) is 0 Å². The van der Waals surface area contributed by atoms with Crippen LogP contribution < -0.4 is 9.47 Å². The molecule has 0 bridgehead atoms. The lowest BCUT2D eigenvalue weighted by Gasteiger charge is -2.31. The average Bonchev–Trinajstić information content (AvgIpc) is 2.86. The second-order valence-corrected chi connectivity index (χ2v) is 7.74. The van der Waals surface area contributed by atoms with Crippen molar-refractivity contribution in [3.8, 4) is 11.5 Å². The summed E-state index contributed by atoms with van der Waals surface area (Å²) in [6.45, 7) is 5.59. The van der Waals surface area contributed by atoms with Crippen LogP contribution in [0.5, 0.6) is 11.5 Å². The summed E-state index contributed by atoms with van der Waals surface area (Å²) in [5.41, 5.74) is 0.899. The average molecular weight is 473 g/mol. The van der Waals surface area contributed by atoms with Crippen LogP contribution in [0.2, 0.25) is 0 Å². The van der Waals surface area contributed by atoms with Crippen LogP contribution in [0.4, 0.5) is 0 Å². The van der Waals surface area contributed by atoms with Gasteiger partial charge in [-0.05, 0) is 61.4 Å². The molecule has 0 aliphatic carbocycles. The zero-order valence-corrected chi connectivity index (χ0v) is 19.7. The van der Waals surface area contributed by atoms with Crippen LogP contribution in [0.15, 0.2) is 48.5 Å². The summed E-state index contributed by atoms with van der Waals surface area (Å²) < 4.78 is 33.6. The molecule has 0 N–H and O–H groups in total. The van der Waals surface area contributed by atoms with Gasteiger partial charge in [0.05, 0.1) is 37.6 Å². The molecule has 8 nitrogen and oxygen atoms in total. The fraction of sp³-hybridized carbons (Fsp3) is 0.462. The van der Waals surface area contributed by atoms with E-state index in [-0.39, 0.29) is 11.9 Å². The number of carbonyl (C=O) groups excluding carboxylic acids is 2. The third kappa shape index (κ3) is 7.74. The number of hydrogen-bond acceptors (Lipinski definition) is 8. The summed E-state index contributed by atoms with van der Waals surface area (Å²) >= 11 is 0. The summed E-state index contributed by atoms with van der Waals surface area (Å²) in [4.78, 5) is 24.1. The summed E-state index contributed by atoms with van der Waals surface area (Å²) in [5, 5.41) is 0. The molecule has 1 aliphatic heterocycles. The van der Waals surface area contributed by atoms with Gasteiger partial charge >= 0.3 is 11.9 Å². The summed E-state index contributed by atoms with van der Waals surface area (Å²) in [6.07, 6.45) is 1.97. The minimum absolute atomic E-state index is 0.356. The van der Waals surface area contributed by atoms with E-state index in [1.54, 1.807) is 48.5 Å². The van der Waals surface area contributed by atoms with Gasteiger partial charge in [-0.15, -0.1) is 0 Å². The number of unbranched alkanes of at least 4 members (excludes halogenated alkanes) is 2. The molecule has 0 unspecified atom stereocenters. The van der Waals surface area contributed by atoms with Gasteiger partial charge in [0.25, 0.3) is 12.6 Å². The van der Waals surface area contributed by atoms with Gasteiger partial charge in [0.2, 0.25) is 0 Å². The van der Waals surface area contributed by atoms with Crippen LogP contribution >= 0.6 is 0 Å². The largest absolute Gasteiger partial charge is 0.462 e. The number of hydrogen-bond donors (Lipinski definition) is 0. The Labute approximate surface area is 200 Å². The zero-order chi connectivity index (χ0) is 24.2. The third-order valence-electron chi connectivity index (χ3n) is 5.02. The molecule has 1 saturated heterocycles. The number of esters is 2. The molecule has 3 rings (SSSR count). The Morgan fingerprint density at radius 3 is 1.44 bits per heavy atom. The minimum atomic E-state index is -0.810. The quantitative estimate of drug-likeness (QED) is 0.323. The van der Waals surface area contributed by atoms with E-state index in [0.29, 0.717) is 49.1 Å². The van der Waals surface area contributed by atoms with Crippen molar-refractivity contribution in [2.45, 2.75) is 52.1 Å². The SMILES string of the molecule is CCCCOC(=O)c1ccc(O[C@@H]2OCCO[C@H]2Oc2ccc(C(=O)OCCCC)cc2)cc1. The molecule has 0 radical (unpaired) electrons. The fourth-order valence-corrected chi connectivity index (χ4v) is 3.06. The van der Waals surface area contributed by atoms with Crippen molar-refractivity contribution in [2.75, 3.05) is 26.4 Å². The molecule has 34 heavy (non-hydrogen) atoms. The van der Waals surface area contributed by atoms with E-state index in [4.69, 9.17) is 28.4 Å². The van der Waals surface area contributed by atoms with Crippen molar-refractivity contribution >= 4 is 11.9 Å². The van der Waals surface area contributed by atoms with E-state index < -0.39 is 12.6 Å². The smallest absolute Gasteiger partial charge is 0.338 e. The molecule has 0 aromatic heterocycles. The minimum Gasteiger partial charge on any atom is -0.462 e. The van der Waals surface area contributed by atoms with E-state index in [1.807, 2.05) is 13.8 Å².